The topological polar surface area (TPSA) is 41.1 Å². The van der Waals surface area contributed by atoms with Crippen molar-refractivity contribution in [2.75, 3.05) is 5.43 Å². The first kappa shape index (κ1) is 15.3. The van der Waals surface area contributed by atoms with Crippen molar-refractivity contribution in [3.05, 3.63) is 62.1 Å². The van der Waals surface area contributed by atoms with E-state index in [1.54, 1.807) is 24.3 Å². The first-order chi connectivity index (χ1) is 9.47. The van der Waals surface area contributed by atoms with Gasteiger partial charge >= 0.3 is 0 Å². The highest BCUT2D eigenvalue weighted by Gasteiger charge is 2.10. The molecule has 104 valence electrons. The van der Waals surface area contributed by atoms with Crippen LogP contribution < -0.4 is 10.9 Å². The first-order valence-corrected chi connectivity index (χ1v) is 6.95. The van der Waals surface area contributed by atoms with Gasteiger partial charge < -0.3 is 0 Å². The van der Waals surface area contributed by atoms with E-state index in [0.29, 0.717) is 31.3 Å². The zero-order valence-electron chi connectivity index (χ0n) is 9.88. The van der Waals surface area contributed by atoms with Gasteiger partial charge in [0.2, 0.25) is 0 Å². The molecular formula is C13H8Cl4N2O. The second kappa shape index (κ2) is 6.55. The minimum absolute atomic E-state index is 0.305. The van der Waals surface area contributed by atoms with Crippen LogP contribution in [-0.2, 0) is 0 Å². The Hall–Kier alpha value is -1.13. The van der Waals surface area contributed by atoms with Gasteiger partial charge in [0.05, 0.1) is 15.7 Å². The normalized spacial score (nSPS) is 10.2. The maximum atomic E-state index is 11.9. The molecule has 2 aromatic rings. The molecule has 2 aromatic carbocycles. The van der Waals surface area contributed by atoms with E-state index < -0.39 is 0 Å². The molecule has 0 heterocycles. The van der Waals surface area contributed by atoms with E-state index in [-0.39, 0.29) is 5.91 Å². The van der Waals surface area contributed by atoms with Gasteiger partial charge in [0, 0.05) is 15.6 Å². The van der Waals surface area contributed by atoms with Crippen LogP contribution in [0.5, 0.6) is 0 Å². The third-order valence-corrected chi connectivity index (χ3v) is 3.48. The number of hydrogen-bond donors (Lipinski definition) is 2. The lowest BCUT2D eigenvalue weighted by atomic mass is 10.2. The smallest absolute Gasteiger partial charge is 0.269 e. The van der Waals surface area contributed by atoms with Crippen molar-refractivity contribution in [2.45, 2.75) is 0 Å². The summed E-state index contributed by atoms with van der Waals surface area (Å²) in [7, 11) is 0. The Balaban J connectivity index is 2.09. The summed E-state index contributed by atoms with van der Waals surface area (Å²) in [4.78, 5) is 11.9. The van der Waals surface area contributed by atoms with Crippen LogP contribution in [0, 0.1) is 0 Å². The summed E-state index contributed by atoms with van der Waals surface area (Å²) in [6.45, 7) is 0. The van der Waals surface area contributed by atoms with Gasteiger partial charge in [0.1, 0.15) is 0 Å². The first-order valence-electron chi connectivity index (χ1n) is 5.44. The van der Waals surface area contributed by atoms with Crippen molar-refractivity contribution in [1.29, 1.82) is 0 Å². The van der Waals surface area contributed by atoms with Gasteiger partial charge in [0.15, 0.2) is 0 Å². The number of nitrogens with one attached hydrogen (secondary N) is 2. The summed E-state index contributed by atoms with van der Waals surface area (Å²) in [6.07, 6.45) is 0. The van der Waals surface area contributed by atoms with Gasteiger partial charge in [-0.3, -0.25) is 15.6 Å². The molecule has 0 radical (unpaired) electrons. The monoisotopic (exact) mass is 348 g/mol. The number of halogens is 4. The standard InChI is InChI=1S/C13H8Cl4N2O/c14-8-3-1-7(2-4-8)13(20)19-18-12-10(16)5-9(15)6-11(12)17/h1-6,18H,(H,19,20). The predicted octanol–water partition coefficient (Wildman–Crippen LogP) is 5.06. The molecule has 0 bridgehead atoms. The quantitative estimate of drug-likeness (QED) is 0.760. The van der Waals surface area contributed by atoms with Crippen molar-refractivity contribution < 1.29 is 4.79 Å². The summed E-state index contributed by atoms with van der Waals surface area (Å²) in [5, 5.41) is 1.57. The maximum absolute atomic E-state index is 11.9. The SMILES string of the molecule is O=C(NNc1c(Cl)cc(Cl)cc1Cl)c1ccc(Cl)cc1. The highest BCUT2D eigenvalue weighted by Crippen LogP contribution is 2.33. The molecule has 0 saturated carbocycles. The average Bonchev–Trinajstić information content (AvgIpc) is 2.38. The molecule has 0 aliphatic heterocycles. The Morgan fingerprint density at radius 3 is 1.95 bits per heavy atom. The number of carbonyl (C=O) groups is 1. The molecule has 2 N–H and O–H groups in total. The van der Waals surface area contributed by atoms with Crippen LogP contribution >= 0.6 is 46.4 Å². The van der Waals surface area contributed by atoms with Gasteiger partial charge in [-0.2, -0.15) is 0 Å². The minimum Gasteiger partial charge on any atom is -0.295 e. The second-order valence-electron chi connectivity index (χ2n) is 3.83. The maximum Gasteiger partial charge on any atom is 0.269 e. The minimum atomic E-state index is -0.344. The molecule has 0 atom stereocenters. The van der Waals surface area contributed by atoms with E-state index in [2.05, 4.69) is 10.9 Å². The predicted molar refractivity (Wildman–Crippen MR) is 84.0 cm³/mol. The fourth-order valence-corrected chi connectivity index (χ4v) is 2.49. The zero-order valence-corrected chi connectivity index (χ0v) is 12.9. The molecule has 0 aromatic heterocycles. The lowest BCUT2D eigenvalue weighted by Crippen LogP contribution is -2.29. The van der Waals surface area contributed by atoms with Crippen molar-refractivity contribution in [3.63, 3.8) is 0 Å². The average molecular weight is 350 g/mol. The van der Waals surface area contributed by atoms with Gasteiger partial charge in [-0.15, -0.1) is 0 Å². The molecule has 1 amide bonds. The van der Waals surface area contributed by atoms with Gasteiger partial charge in [-0.05, 0) is 36.4 Å². The molecule has 0 fully saturated rings. The summed E-state index contributed by atoms with van der Waals surface area (Å²) < 4.78 is 0. The number of carbonyl (C=O) groups excluding carboxylic acids is 1. The Bertz CT molecular complexity index is 620. The lowest BCUT2D eigenvalue weighted by Gasteiger charge is -2.12. The van der Waals surface area contributed by atoms with E-state index >= 15 is 0 Å². The second-order valence-corrected chi connectivity index (χ2v) is 5.52. The highest BCUT2D eigenvalue weighted by molar-refractivity contribution is 6.41. The van der Waals surface area contributed by atoms with Crippen LogP contribution in [0.4, 0.5) is 5.69 Å². The number of rotatable bonds is 3. The summed E-state index contributed by atoms with van der Waals surface area (Å²) in [6, 6.07) is 9.49. The van der Waals surface area contributed by atoms with Crippen LogP contribution in [0.1, 0.15) is 10.4 Å². The molecule has 2 rings (SSSR count). The van der Waals surface area contributed by atoms with E-state index in [9.17, 15) is 4.79 Å². The molecule has 7 heteroatoms. The van der Waals surface area contributed by atoms with E-state index in [4.69, 9.17) is 46.4 Å². The van der Waals surface area contributed by atoms with Crippen molar-refractivity contribution in [2.24, 2.45) is 0 Å². The highest BCUT2D eigenvalue weighted by atomic mass is 35.5. The number of benzene rings is 2. The number of amides is 1. The van der Waals surface area contributed by atoms with Crippen molar-refractivity contribution in [3.8, 4) is 0 Å². The summed E-state index contributed by atoms with van der Waals surface area (Å²) in [5.74, 6) is -0.344. The van der Waals surface area contributed by atoms with Crippen LogP contribution in [-0.4, -0.2) is 5.91 Å². The fourth-order valence-electron chi connectivity index (χ4n) is 1.45. The van der Waals surface area contributed by atoms with Crippen LogP contribution in [0.3, 0.4) is 0 Å². The van der Waals surface area contributed by atoms with Gasteiger partial charge in [-0.25, -0.2) is 0 Å². The molecule has 0 aliphatic carbocycles. The molecular weight excluding hydrogens is 342 g/mol. The van der Waals surface area contributed by atoms with E-state index in [1.807, 2.05) is 0 Å². The fraction of sp³-hybridized carbons (Fsp3) is 0. The van der Waals surface area contributed by atoms with E-state index in [1.165, 1.54) is 12.1 Å². The van der Waals surface area contributed by atoms with Crippen molar-refractivity contribution in [1.82, 2.24) is 5.43 Å². The molecule has 0 spiro atoms. The molecule has 0 saturated heterocycles. The molecule has 3 nitrogen and oxygen atoms in total. The number of hydrogen-bond acceptors (Lipinski definition) is 2. The molecule has 0 unspecified atom stereocenters. The Kier molecular flexibility index (Phi) is 5.00. The van der Waals surface area contributed by atoms with Gasteiger partial charge in [0.25, 0.3) is 5.91 Å². The largest absolute Gasteiger partial charge is 0.295 e. The number of hydrazine groups is 1. The molecule has 20 heavy (non-hydrogen) atoms. The van der Waals surface area contributed by atoms with Crippen LogP contribution in [0.2, 0.25) is 20.1 Å². The molecule has 0 aliphatic rings. The Labute approximate surface area is 135 Å². The third-order valence-electron chi connectivity index (χ3n) is 2.41. The third kappa shape index (κ3) is 3.70. The zero-order chi connectivity index (χ0) is 14.7. The van der Waals surface area contributed by atoms with Crippen LogP contribution in [0.25, 0.3) is 0 Å². The summed E-state index contributed by atoms with van der Waals surface area (Å²) >= 11 is 23.5. The van der Waals surface area contributed by atoms with Gasteiger partial charge in [-0.1, -0.05) is 46.4 Å². The van der Waals surface area contributed by atoms with Crippen LogP contribution in [0.15, 0.2) is 36.4 Å². The lowest BCUT2D eigenvalue weighted by molar-refractivity contribution is 0.0962. The Morgan fingerprint density at radius 2 is 1.40 bits per heavy atom. The summed E-state index contributed by atoms with van der Waals surface area (Å²) in [5.41, 5.74) is 5.98. The van der Waals surface area contributed by atoms with Crippen molar-refractivity contribution >= 4 is 58.0 Å². The van der Waals surface area contributed by atoms with E-state index in [0.717, 1.165) is 0 Å². The Morgan fingerprint density at radius 1 is 0.850 bits per heavy atom. The number of anilines is 1.